The quantitative estimate of drug-likeness (QED) is 0.916. The largest absolute Gasteiger partial charge is 0.472 e. The van der Waals surface area contributed by atoms with E-state index in [-0.39, 0.29) is 12.0 Å². The Labute approximate surface area is 135 Å². The smallest absolute Gasteiger partial charge is 0.223 e. The Balaban J connectivity index is 1.49. The van der Waals surface area contributed by atoms with Gasteiger partial charge >= 0.3 is 0 Å². The first-order chi connectivity index (χ1) is 11.1. The van der Waals surface area contributed by atoms with Crippen LogP contribution in [0.4, 0.5) is 0 Å². The van der Waals surface area contributed by atoms with Crippen LogP contribution in [0.5, 0.6) is 5.88 Å². The normalized spacial score (nSPS) is 17.5. The maximum atomic E-state index is 12.4. The van der Waals surface area contributed by atoms with Crippen LogP contribution in [-0.4, -0.2) is 45.2 Å². The van der Waals surface area contributed by atoms with Crippen LogP contribution >= 0.6 is 0 Å². The van der Waals surface area contributed by atoms with Crippen LogP contribution in [0.1, 0.15) is 29.8 Å². The first kappa shape index (κ1) is 15.5. The lowest BCUT2D eigenvalue weighted by Crippen LogP contribution is -2.31. The molecule has 0 bridgehead atoms. The average molecular weight is 314 g/mol. The minimum Gasteiger partial charge on any atom is -0.472 e. The molecule has 6 heteroatoms. The Hall–Kier alpha value is -2.37. The topological polar surface area (TPSA) is 71.1 Å². The van der Waals surface area contributed by atoms with Crippen molar-refractivity contribution in [1.29, 1.82) is 0 Å². The molecule has 0 aromatic carbocycles. The van der Waals surface area contributed by atoms with E-state index in [9.17, 15) is 4.79 Å². The molecule has 0 aliphatic carbocycles. The predicted octanol–water partition coefficient (Wildman–Crippen LogP) is 2.03. The summed E-state index contributed by atoms with van der Waals surface area (Å²) in [6, 6.07) is 5.60. The molecule has 1 atom stereocenters. The fourth-order valence-electron chi connectivity index (χ4n) is 2.97. The highest BCUT2D eigenvalue weighted by atomic mass is 16.5. The van der Waals surface area contributed by atoms with Gasteiger partial charge in [0.1, 0.15) is 6.10 Å². The lowest BCUT2D eigenvalue weighted by molar-refractivity contribution is -0.130. The number of pyridine rings is 1. The highest BCUT2D eigenvalue weighted by molar-refractivity contribution is 5.76. The fourth-order valence-corrected chi connectivity index (χ4v) is 2.97. The van der Waals surface area contributed by atoms with Crippen LogP contribution < -0.4 is 4.74 Å². The number of aromatic amines is 1. The summed E-state index contributed by atoms with van der Waals surface area (Å²) in [6.07, 6.45) is 3.84. The number of amides is 1. The molecule has 1 saturated heterocycles. The Bertz CT molecular complexity index is 649. The fraction of sp³-hybridized carbons (Fsp3) is 0.471. The number of ether oxygens (including phenoxy) is 1. The third-order valence-corrected chi connectivity index (χ3v) is 4.29. The van der Waals surface area contributed by atoms with E-state index >= 15 is 0 Å². The van der Waals surface area contributed by atoms with Crippen molar-refractivity contribution in [3.05, 3.63) is 41.3 Å². The van der Waals surface area contributed by atoms with Gasteiger partial charge < -0.3 is 9.64 Å². The Morgan fingerprint density at radius 1 is 1.43 bits per heavy atom. The van der Waals surface area contributed by atoms with Gasteiger partial charge in [0.15, 0.2) is 0 Å². The van der Waals surface area contributed by atoms with E-state index in [2.05, 4.69) is 15.2 Å². The van der Waals surface area contributed by atoms with Gasteiger partial charge in [0, 0.05) is 37.3 Å². The standard InChI is InChI=1S/C17H22N4O2/c1-12-15(13(2)20-19-12)6-7-17(22)21-10-8-14(11-21)23-16-5-3-4-9-18-16/h3-5,9,14H,6-8,10-11H2,1-2H3,(H,19,20). The Morgan fingerprint density at radius 2 is 2.30 bits per heavy atom. The van der Waals surface area contributed by atoms with Gasteiger partial charge in [-0.25, -0.2) is 4.98 Å². The summed E-state index contributed by atoms with van der Waals surface area (Å²) in [5.41, 5.74) is 3.18. The minimum absolute atomic E-state index is 0.0336. The lowest BCUT2D eigenvalue weighted by Gasteiger charge is -2.17. The number of nitrogens with one attached hydrogen (secondary N) is 1. The van der Waals surface area contributed by atoms with Crippen molar-refractivity contribution in [1.82, 2.24) is 20.1 Å². The third kappa shape index (κ3) is 3.70. The van der Waals surface area contributed by atoms with E-state index in [0.29, 0.717) is 18.8 Å². The summed E-state index contributed by atoms with van der Waals surface area (Å²) in [5, 5.41) is 7.14. The summed E-state index contributed by atoms with van der Waals surface area (Å²) in [7, 11) is 0. The molecular formula is C17H22N4O2. The number of hydrogen-bond acceptors (Lipinski definition) is 4. The number of aromatic nitrogens is 3. The zero-order valence-electron chi connectivity index (χ0n) is 13.6. The maximum absolute atomic E-state index is 12.4. The number of aryl methyl sites for hydroxylation is 2. The lowest BCUT2D eigenvalue weighted by atomic mass is 10.1. The number of rotatable bonds is 5. The molecule has 0 spiro atoms. The molecule has 3 rings (SSSR count). The molecule has 1 N–H and O–H groups in total. The first-order valence-corrected chi connectivity index (χ1v) is 7.99. The van der Waals surface area contributed by atoms with E-state index in [1.165, 1.54) is 0 Å². The SMILES string of the molecule is Cc1n[nH]c(C)c1CCC(=O)N1CCC(Oc2ccccn2)C1. The molecule has 1 unspecified atom stereocenters. The predicted molar refractivity (Wildman–Crippen MR) is 86.2 cm³/mol. The van der Waals surface area contributed by atoms with Crippen LogP contribution in [-0.2, 0) is 11.2 Å². The molecule has 2 aromatic rings. The Kier molecular flexibility index (Phi) is 4.60. The molecule has 1 fully saturated rings. The van der Waals surface area contributed by atoms with Crippen molar-refractivity contribution in [2.45, 2.75) is 39.2 Å². The first-order valence-electron chi connectivity index (χ1n) is 7.99. The number of hydrogen-bond donors (Lipinski definition) is 1. The molecule has 1 aliphatic heterocycles. The summed E-state index contributed by atoms with van der Waals surface area (Å²) < 4.78 is 5.82. The van der Waals surface area contributed by atoms with E-state index in [1.54, 1.807) is 6.20 Å². The Morgan fingerprint density at radius 3 is 3.00 bits per heavy atom. The second-order valence-corrected chi connectivity index (χ2v) is 5.95. The molecule has 2 aromatic heterocycles. The minimum atomic E-state index is 0.0336. The highest BCUT2D eigenvalue weighted by Gasteiger charge is 2.27. The van der Waals surface area contributed by atoms with E-state index in [1.807, 2.05) is 36.9 Å². The van der Waals surface area contributed by atoms with Gasteiger partial charge in [0.25, 0.3) is 0 Å². The van der Waals surface area contributed by atoms with Crippen LogP contribution in [0, 0.1) is 13.8 Å². The second kappa shape index (κ2) is 6.81. The zero-order chi connectivity index (χ0) is 16.2. The van der Waals surface area contributed by atoms with Crippen molar-refractivity contribution in [2.75, 3.05) is 13.1 Å². The van der Waals surface area contributed by atoms with E-state index in [0.717, 1.165) is 36.3 Å². The van der Waals surface area contributed by atoms with Gasteiger partial charge in [-0.2, -0.15) is 5.10 Å². The van der Waals surface area contributed by atoms with E-state index in [4.69, 9.17) is 4.74 Å². The summed E-state index contributed by atoms with van der Waals surface area (Å²) in [4.78, 5) is 18.4. The van der Waals surface area contributed by atoms with Crippen molar-refractivity contribution < 1.29 is 9.53 Å². The van der Waals surface area contributed by atoms with Crippen LogP contribution in [0.15, 0.2) is 24.4 Å². The molecule has 23 heavy (non-hydrogen) atoms. The van der Waals surface area contributed by atoms with Crippen LogP contribution in [0.25, 0.3) is 0 Å². The summed E-state index contributed by atoms with van der Waals surface area (Å²) >= 11 is 0. The van der Waals surface area contributed by atoms with Crippen LogP contribution in [0.3, 0.4) is 0 Å². The average Bonchev–Trinajstić information content (AvgIpc) is 3.14. The summed E-state index contributed by atoms with van der Waals surface area (Å²) in [5.74, 6) is 0.800. The molecule has 1 aliphatic rings. The molecule has 6 nitrogen and oxygen atoms in total. The van der Waals surface area contributed by atoms with Crippen molar-refractivity contribution in [3.8, 4) is 5.88 Å². The molecule has 1 amide bonds. The van der Waals surface area contributed by atoms with Crippen molar-refractivity contribution in [3.63, 3.8) is 0 Å². The van der Waals surface area contributed by atoms with Gasteiger partial charge in [-0.05, 0) is 31.9 Å². The number of carbonyl (C=O) groups is 1. The number of H-pyrrole nitrogens is 1. The van der Waals surface area contributed by atoms with Gasteiger partial charge in [-0.3, -0.25) is 9.89 Å². The monoisotopic (exact) mass is 314 g/mol. The van der Waals surface area contributed by atoms with Crippen molar-refractivity contribution >= 4 is 5.91 Å². The second-order valence-electron chi connectivity index (χ2n) is 5.95. The molecule has 3 heterocycles. The third-order valence-electron chi connectivity index (χ3n) is 4.29. The van der Waals surface area contributed by atoms with Crippen LogP contribution in [0.2, 0.25) is 0 Å². The van der Waals surface area contributed by atoms with Gasteiger partial charge in [-0.15, -0.1) is 0 Å². The van der Waals surface area contributed by atoms with Gasteiger partial charge in [0.2, 0.25) is 11.8 Å². The molecule has 122 valence electrons. The number of carbonyl (C=O) groups excluding carboxylic acids is 1. The van der Waals surface area contributed by atoms with Gasteiger partial charge in [0.05, 0.1) is 12.2 Å². The summed E-state index contributed by atoms with van der Waals surface area (Å²) in [6.45, 7) is 5.35. The molecule has 0 saturated carbocycles. The molecule has 0 radical (unpaired) electrons. The molecular weight excluding hydrogens is 292 g/mol. The van der Waals surface area contributed by atoms with Crippen molar-refractivity contribution in [2.24, 2.45) is 0 Å². The number of likely N-dealkylation sites (tertiary alicyclic amines) is 1. The highest BCUT2D eigenvalue weighted by Crippen LogP contribution is 2.18. The number of nitrogens with zero attached hydrogens (tertiary/aromatic N) is 3. The van der Waals surface area contributed by atoms with Gasteiger partial charge in [-0.1, -0.05) is 6.07 Å². The zero-order valence-corrected chi connectivity index (χ0v) is 13.6. The maximum Gasteiger partial charge on any atom is 0.223 e. The van der Waals surface area contributed by atoms with E-state index < -0.39 is 0 Å².